The van der Waals surface area contributed by atoms with Crippen molar-refractivity contribution in [3.63, 3.8) is 0 Å². The summed E-state index contributed by atoms with van der Waals surface area (Å²) in [5.74, 6) is -3.33. The molecule has 0 spiro atoms. The quantitative estimate of drug-likeness (QED) is 0.510. The average molecular weight is 459 g/mol. The first kappa shape index (κ1) is 21.5. The van der Waals surface area contributed by atoms with Crippen molar-refractivity contribution in [1.82, 2.24) is 9.97 Å². The van der Waals surface area contributed by atoms with Crippen molar-refractivity contribution >= 4 is 46.2 Å². The Hall–Kier alpha value is -2.70. The largest absolute Gasteiger partial charge is 0.481 e. The summed E-state index contributed by atoms with van der Waals surface area (Å²) in [5.41, 5.74) is 3.06. The lowest BCUT2D eigenvalue weighted by molar-refractivity contribution is -0.142. The topological polar surface area (TPSA) is 100 Å². The van der Waals surface area contributed by atoms with Crippen molar-refractivity contribution in [2.75, 3.05) is 0 Å². The van der Waals surface area contributed by atoms with Crippen molar-refractivity contribution in [3.05, 3.63) is 57.7 Å². The lowest BCUT2D eigenvalue weighted by atomic mass is 9.69. The molecule has 0 amide bonds. The van der Waals surface area contributed by atoms with Gasteiger partial charge in [-0.1, -0.05) is 61.3 Å². The van der Waals surface area contributed by atoms with E-state index in [9.17, 15) is 19.8 Å². The van der Waals surface area contributed by atoms with Crippen LogP contribution in [0, 0.1) is 11.8 Å². The van der Waals surface area contributed by atoms with E-state index in [0.717, 1.165) is 11.1 Å². The van der Waals surface area contributed by atoms with E-state index in [4.69, 9.17) is 33.2 Å². The number of nitrogens with zero attached hydrogens (tertiary/aromatic N) is 2. The van der Waals surface area contributed by atoms with Gasteiger partial charge in [0.2, 0.25) is 0 Å². The first-order chi connectivity index (χ1) is 14.6. The molecule has 1 heterocycles. The fraction of sp³-hybridized carbons (Fsp3) is 0.304. The van der Waals surface area contributed by atoms with Crippen molar-refractivity contribution in [3.8, 4) is 11.3 Å². The minimum absolute atomic E-state index is 0.200. The predicted molar refractivity (Wildman–Crippen MR) is 119 cm³/mol. The van der Waals surface area contributed by atoms with Crippen LogP contribution in [0.1, 0.15) is 37.9 Å². The van der Waals surface area contributed by atoms with E-state index in [0.29, 0.717) is 32.5 Å². The highest BCUT2D eigenvalue weighted by Crippen LogP contribution is 2.54. The summed E-state index contributed by atoms with van der Waals surface area (Å²) in [7, 11) is 0. The maximum atomic E-state index is 11.8. The van der Waals surface area contributed by atoms with Crippen LogP contribution >= 0.6 is 23.2 Å². The Morgan fingerprint density at radius 3 is 2.00 bits per heavy atom. The molecule has 0 saturated carbocycles. The van der Waals surface area contributed by atoms with Crippen molar-refractivity contribution < 1.29 is 19.8 Å². The maximum absolute atomic E-state index is 11.8. The molecule has 4 rings (SSSR count). The summed E-state index contributed by atoms with van der Waals surface area (Å²) in [5, 5.41) is 20.0. The number of benzene rings is 2. The molecule has 2 N–H and O–H groups in total. The number of hydrogen-bond acceptors (Lipinski definition) is 4. The van der Waals surface area contributed by atoms with Gasteiger partial charge in [-0.3, -0.25) is 9.59 Å². The molecule has 1 aromatic heterocycles. The minimum Gasteiger partial charge on any atom is -0.481 e. The molecule has 2 unspecified atom stereocenters. The van der Waals surface area contributed by atoms with Gasteiger partial charge in [0.25, 0.3) is 0 Å². The standard InChI is InChI=1S/C23H20Cl2N2O4/c1-11(21(28)29)9-23(10-12(2)22(30)31)14-6-4-3-5-13(14)19-20(23)27-18-8-16(25)15(24)7-17(18)26-19/h3-8,11-12H,9-10H2,1-2H3,(H,28,29)(H,30,31). The number of rotatable bonds is 6. The lowest BCUT2D eigenvalue weighted by Gasteiger charge is -2.34. The summed E-state index contributed by atoms with van der Waals surface area (Å²) in [6.45, 7) is 3.25. The Labute approximate surface area is 188 Å². The molecule has 160 valence electrons. The number of carboxylic acid groups (broad SMARTS) is 2. The molecule has 2 atom stereocenters. The van der Waals surface area contributed by atoms with Crippen LogP contribution in [0.3, 0.4) is 0 Å². The molecule has 6 nitrogen and oxygen atoms in total. The van der Waals surface area contributed by atoms with Crippen molar-refractivity contribution in [2.24, 2.45) is 11.8 Å². The van der Waals surface area contributed by atoms with Gasteiger partial charge in [0, 0.05) is 11.0 Å². The Bertz CT molecular complexity index is 1210. The number of fused-ring (bicyclic) bond motifs is 4. The molecule has 1 aliphatic carbocycles. The van der Waals surface area contributed by atoms with Crippen LogP contribution in [0.5, 0.6) is 0 Å². The Balaban J connectivity index is 2.04. The Morgan fingerprint density at radius 1 is 0.935 bits per heavy atom. The Morgan fingerprint density at radius 2 is 1.45 bits per heavy atom. The molecular weight excluding hydrogens is 439 g/mol. The minimum atomic E-state index is -0.947. The van der Waals surface area contributed by atoms with E-state index >= 15 is 0 Å². The van der Waals surface area contributed by atoms with Gasteiger partial charge in [0.05, 0.1) is 44.3 Å². The van der Waals surface area contributed by atoms with Crippen LogP contribution in [-0.4, -0.2) is 32.1 Å². The van der Waals surface area contributed by atoms with Gasteiger partial charge in [-0.2, -0.15) is 0 Å². The van der Waals surface area contributed by atoms with Crippen LogP contribution in [-0.2, 0) is 15.0 Å². The number of carbonyl (C=O) groups is 2. The van der Waals surface area contributed by atoms with Crippen LogP contribution in [0.15, 0.2) is 36.4 Å². The third-order valence-corrected chi connectivity index (χ3v) is 6.73. The second-order valence-electron chi connectivity index (χ2n) is 8.19. The number of halogens is 2. The number of aliphatic carboxylic acids is 2. The summed E-state index contributed by atoms with van der Waals surface area (Å²) in [4.78, 5) is 33.2. The second kappa shape index (κ2) is 7.77. The third-order valence-electron chi connectivity index (χ3n) is 6.01. The zero-order chi connectivity index (χ0) is 22.5. The van der Waals surface area contributed by atoms with Gasteiger partial charge in [0.1, 0.15) is 0 Å². The second-order valence-corrected chi connectivity index (χ2v) is 9.00. The molecule has 0 saturated heterocycles. The lowest BCUT2D eigenvalue weighted by Crippen LogP contribution is -2.34. The van der Waals surface area contributed by atoms with E-state index < -0.39 is 29.2 Å². The van der Waals surface area contributed by atoms with Gasteiger partial charge in [-0.25, -0.2) is 9.97 Å². The highest BCUT2D eigenvalue weighted by molar-refractivity contribution is 6.42. The molecule has 8 heteroatoms. The molecule has 1 aliphatic rings. The first-order valence-corrected chi connectivity index (χ1v) is 10.6. The predicted octanol–water partition coefficient (Wildman–Crippen LogP) is 5.42. The Kier molecular flexibility index (Phi) is 5.40. The molecule has 0 aliphatic heterocycles. The highest BCUT2D eigenvalue weighted by atomic mass is 35.5. The van der Waals surface area contributed by atoms with E-state index in [1.165, 1.54) is 0 Å². The SMILES string of the molecule is CC(CC1(CC(C)C(=O)O)c2ccccc2-c2nc3cc(Cl)c(Cl)cc3nc21)C(=O)O. The number of hydrogen-bond donors (Lipinski definition) is 2. The summed E-state index contributed by atoms with van der Waals surface area (Å²) in [6.07, 6.45) is 0.400. The zero-order valence-electron chi connectivity index (χ0n) is 16.9. The van der Waals surface area contributed by atoms with Gasteiger partial charge >= 0.3 is 11.9 Å². The van der Waals surface area contributed by atoms with Gasteiger partial charge < -0.3 is 10.2 Å². The fourth-order valence-corrected chi connectivity index (χ4v) is 4.84. The summed E-state index contributed by atoms with van der Waals surface area (Å²) >= 11 is 12.4. The van der Waals surface area contributed by atoms with E-state index in [-0.39, 0.29) is 12.8 Å². The van der Waals surface area contributed by atoms with E-state index in [1.807, 2.05) is 24.3 Å². The molecule has 0 radical (unpaired) electrons. The maximum Gasteiger partial charge on any atom is 0.306 e. The molecule has 0 fully saturated rings. The summed E-state index contributed by atoms with van der Waals surface area (Å²) in [6, 6.07) is 10.8. The average Bonchev–Trinajstić information content (AvgIpc) is 2.96. The van der Waals surface area contributed by atoms with Crippen LogP contribution < -0.4 is 0 Å². The van der Waals surface area contributed by atoms with Crippen LogP contribution in [0.4, 0.5) is 0 Å². The summed E-state index contributed by atoms with van der Waals surface area (Å²) < 4.78 is 0. The van der Waals surface area contributed by atoms with Gasteiger partial charge in [-0.15, -0.1) is 0 Å². The first-order valence-electron chi connectivity index (χ1n) is 9.87. The molecule has 0 bridgehead atoms. The smallest absolute Gasteiger partial charge is 0.306 e. The normalized spacial score (nSPS) is 19.0. The number of aromatic nitrogens is 2. The van der Waals surface area contributed by atoms with Crippen LogP contribution in [0.25, 0.3) is 22.3 Å². The van der Waals surface area contributed by atoms with Gasteiger partial charge in [-0.05, 0) is 30.5 Å². The van der Waals surface area contributed by atoms with Crippen molar-refractivity contribution in [2.45, 2.75) is 32.1 Å². The third kappa shape index (κ3) is 3.54. The fourth-order valence-electron chi connectivity index (χ4n) is 4.52. The molecular formula is C23H20Cl2N2O4. The number of carboxylic acids is 2. The monoisotopic (exact) mass is 458 g/mol. The van der Waals surface area contributed by atoms with Crippen molar-refractivity contribution in [1.29, 1.82) is 0 Å². The van der Waals surface area contributed by atoms with E-state index in [1.54, 1.807) is 26.0 Å². The molecule has 31 heavy (non-hydrogen) atoms. The molecule has 3 aromatic rings. The zero-order valence-corrected chi connectivity index (χ0v) is 18.4. The molecule has 2 aromatic carbocycles. The highest BCUT2D eigenvalue weighted by Gasteiger charge is 2.48. The van der Waals surface area contributed by atoms with E-state index in [2.05, 4.69) is 0 Å². The van der Waals surface area contributed by atoms with Crippen LogP contribution in [0.2, 0.25) is 10.0 Å². The van der Waals surface area contributed by atoms with Gasteiger partial charge in [0.15, 0.2) is 0 Å².